The molecule has 0 aliphatic carbocycles. The van der Waals surface area contributed by atoms with Crippen LogP contribution in [-0.2, 0) is 38.1 Å². The van der Waals surface area contributed by atoms with Crippen LogP contribution in [0.3, 0.4) is 0 Å². The van der Waals surface area contributed by atoms with E-state index in [-0.39, 0.29) is 35.2 Å². The van der Waals surface area contributed by atoms with Gasteiger partial charge in [-0.15, -0.1) is 0 Å². The van der Waals surface area contributed by atoms with Crippen LogP contribution in [0.2, 0.25) is 5.02 Å². The molecule has 4 aliphatic rings. The first-order chi connectivity index (χ1) is 20.6. The summed E-state index contributed by atoms with van der Waals surface area (Å²) in [6.45, 7) is 2.67. The minimum atomic E-state index is -4.24. The van der Waals surface area contributed by atoms with Crippen molar-refractivity contribution < 1.29 is 31.9 Å². The number of ether oxygens (including phenoxy) is 1. The monoisotopic (exact) mass is 627 g/mol. The maximum Gasteiger partial charge on any atom is 0.285 e. The van der Waals surface area contributed by atoms with Gasteiger partial charge in [-0.25, -0.2) is 4.39 Å². The molecular weight excluding hydrogens is 601 g/mol. The summed E-state index contributed by atoms with van der Waals surface area (Å²) in [6, 6.07) is 6.91. The van der Waals surface area contributed by atoms with E-state index in [0.29, 0.717) is 36.4 Å². The molecule has 3 amide bonds. The first-order valence-electron chi connectivity index (χ1n) is 14.0. The number of nitrogens with zero attached hydrogens (tertiary/aromatic N) is 4. The lowest BCUT2D eigenvalue weighted by Gasteiger charge is -2.38. The number of benzene rings is 2. The van der Waals surface area contributed by atoms with Crippen LogP contribution in [0.25, 0.3) is 0 Å². The molecule has 7 rings (SSSR count). The number of hydrogen-bond acceptors (Lipinski definition) is 8. The molecule has 1 N–H and O–H groups in total. The quantitative estimate of drug-likeness (QED) is 0.427. The molecule has 1 aromatic heterocycles. The van der Waals surface area contributed by atoms with Gasteiger partial charge < -0.3 is 9.64 Å². The second kappa shape index (κ2) is 10.1. The van der Waals surface area contributed by atoms with Crippen LogP contribution in [0, 0.1) is 5.82 Å². The lowest BCUT2D eigenvalue weighted by molar-refractivity contribution is -0.136. The lowest BCUT2D eigenvalue weighted by Crippen LogP contribution is -2.52. The summed E-state index contributed by atoms with van der Waals surface area (Å²) in [5.41, 5.74) is 2.84. The Bertz CT molecular complexity index is 1800. The average Bonchev–Trinajstić information content (AvgIpc) is 3.69. The van der Waals surface area contributed by atoms with Gasteiger partial charge in [0, 0.05) is 46.8 Å². The van der Waals surface area contributed by atoms with Crippen molar-refractivity contribution in [2.75, 3.05) is 19.7 Å². The van der Waals surface area contributed by atoms with E-state index in [1.54, 1.807) is 0 Å². The standard InChI is InChI=1S/C29H27ClFN5O6S/c30-21-2-1-3-23(25(21)31)43(40,41)36-14-17(12-32-36)13-34-10-8-29(9-11-34)16-42-26-19-15-35(22-6-7-24(37)33-27(22)38)28(39)18(19)4-5-20(26)29/h1-5,12,14,22H,6-11,13,15-16H2,(H,33,37,38)/t22-/m0/s1. The van der Waals surface area contributed by atoms with E-state index in [1.807, 2.05) is 12.1 Å². The number of halogens is 2. The van der Waals surface area contributed by atoms with Gasteiger partial charge in [0.25, 0.3) is 15.9 Å². The number of likely N-dealkylation sites (tertiary alicyclic amines) is 1. The van der Waals surface area contributed by atoms with Gasteiger partial charge in [-0.2, -0.15) is 17.6 Å². The van der Waals surface area contributed by atoms with Gasteiger partial charge in [0.15, 0.2) is 5.82 Å². The fourth-order valence-electron chi connectivity index (χ4n) is 6.63. The molecule has 2 saturated heterocycles. The largest absolute Gasteiger partial charge is 0.492 e. The molecular formula is C29H27ClFN5O6S. The Hall–Kier alpha value is -3.81. The second-order valence-electron chi connectivity index (χ2n) is 11.5. The van der Waals surface area contributed by atoms with E-state index < -0.39 is 32.7 Å². The van der Waals surface area contributed by atoms with Crippen LogP contribution in [0.5, 0.6) is 5.75 Å². The zero-order chi connectivity index (χ0) is 30.1. The Balaban J connectivity index is 1.04. The van der Waals surface area contributed by atoms with Crippen LogP contribution in [0.4, 0.5) is 4.39 Å². The summed E-state index contributed by atoms with van der Waals surface area (Å²) in [4.78, 5) is 40.5. The number of nitrogens with one attached hydrogen (secondary N) is 1. The summed E-state index contributed by atoms with van der Waals surface area (Å²) < 4.78 is 47.3. The molecule has 1 spiro atoms. The minimum absolute atomic E-state index is 0.196. The highest BCUT2D eigenvalue weighted by atomic mass is 35.5. The van der Waals surface area contributed by atoms with Crippen LogP contribution in [0.15, 0.2) is 47.6 Å². The summed E-state index contributed by atoms with van der Waals surface area (Å²) >= 11 is 5.78. The molecule has 3 aromatic rings. The van der Waals surface area contributed by atoms with E-state index in [1.165, 1.54) is 29.4 Å². The number of amides is 3. The molecule has 2 aromatic carbocycles. The van der Waals surface area contributed by atoms with Crippen molar-refractivity contribution in [2.45, 2.75) is 55.1 Å². The fourth-order valence-corrected chi connectivity index (χ4v) is 8.10. The molecule has 4 aliphatic heterocycles. The number of imide groups is 1. The zero-order valence-electron chi connectivity index (χ0n) is 22.9. The topological polar surface area (TPSA) is 131 Å². The second-order valence-corrected chi connectivity index (χ2v) is 13.7. The molecule has 5 heterocycles. The predicted molar refractivity (Wildman–Crippen MR) is 150 cm³/mol. The molecule has 0 unspecified atom stereocenters. The van der Waals surface area contributed by atoms with E-state index >= 15 is 0 Å². The third-order valence-electron chi connectivity index (χ3n) is 9.00. The third-order valence-corrected chi connectivity index (χ3v) is 10.9. The van der Waals surface area contributed by atoms with Crippen LogP contribution < -0.4 is 10.1 Å². The average molecular weight is 628 g/mol. The Morgan fingerprint density at radius 3 is 2.70 bits per heavy atom. The highest BCUT2D eigenvalue weighted by molar-refractivity contribution is 7.89. The molecule has 14 heteroatoms. The van der Waals surface area contributed by atoms with Crippen molar-refractivity contribution in [3.8, 4) is 5.75 Å². The highest BCUT2D eigenvalue weighted by Crippen LogP contribution is 2.49. The van der Waals surface area contributed by atoms with E-state index in [0.717, 1.165) is 47.2 Å². The van der Waals surface area contributed by atoms with Gasteiger partial charge in [-0.3, -0.25) is 24.6 Å². The van der Waals surface area contributed by atoms with Crippen molar-refractivity contribution in [3.05, 3.63) is 75.8 Å². The first-order valence-corrected chi connectivity index (χ1v) is 15.8. The highest BCUT2D eigenvalue weighted by Gasteiger charge is 2.47. The normalized spacial score (nSPS) is 21.6. The first kappa shape index (κ1) is 28.0. The number of carbonyl (C=O) groups excluding carboxylic acids is 3. The summed E-state index contributed by atoms with van der Waals surface area (Å²) in [5.74, 6) is -1.30. The van der Waals surface area contributed by atoms with Gasteiger partial charge in [-0.05, 0) is 50.6 Å². The molecule has 0 bridgehead atoms. The summed E-state index contributed by atoms with van der Waals surface area (Å²) in [7, 11) is -4.24. The Morgan fingerprint density at radius 2 is 1.93 bits per heavy atom. The maximum atomic E-state index is 14.4. The number of piperidine rings is 2. The number of rotatable bonds is 5. The zero-order valence-corrected chi connectivity index (χ0v) is 24.5. The van der Waals surface area contributed by atoms with Crippen LogP contribution >= 0.6 is 11.6 Å². The Kier molecular flexibility index (Phi) is 6.60. The smallest absolute Gasteiger partial charge is 0.285 e. The minimum Gasteiger partial charge on any atom is -0.492 e. The molecule has 224 valence electrons. The molecule has 11 nitrogen and oxygen atoms in total. The Labute approximate surface area is 251 Å². The fraction of sp³-hybridized carbons (Fsp3) is 0.379. The Morgan fingerprint density at radius 1 is 1.14 bits per heavy atom. The van der Waals surface area contributed by atoms with Crippen LogP contribution in [0.1, 0.15) is 52.7 Å². The van der Waals surface area contributed by atoms with Crippen molar-refractivity contribution in [2.24, 2.45) is 0 Å². The van der Waals surface area contributed by atoms with Gasteiger partial charge in [0.2, 0.25) is 11.8 Å². The number of carbonyl (C=O) groups is 3. The van der Waals surface area contributed by atoms with Crippen molar-refractivity contribution in [1.29, 1.82) is 0 Å². The number of fused-ring (bicyclic) bond motifs is 4. The molecule has 1 atom stereocenters. The maximum absolute atomic E-state index is 14.4. The molecule has 0 saturated carbocycles. The van der Waals surface area contributed by atoms with Gasteiger partial charge >= 0.3 is 0 Å². The number of hydrogen-bond donors (Lipinski definition) is 1. The van der Waals surface area contributed by atoms with Crippen LogP contribution in [-0.4, -0.2) is 70.9 Å². The van der Waals surface area contributed by atoms with E-state index in [9.17, 15) is 27.2 Å². The van der Waals surface area contributed by atoms with Gasteiger partial charge in [0.1, 0.15) is 16.7 Å². The predicted octanol–water partition coefficient (Wildman–Crippen LogP) is 2.60. The summed E-state index contributed by atoms with van der Waals surface area (Å²) in [6.07, 6.45) is 4.94. The van der Waals surface area contributed by atoms with Crippen molar-refractivity contribution in [3.63, 3.8) is 0 Å². The third kappa shape index (κ3) is 4.52. The SMILES string of the molecule is O=C1CC[C@H](N2Cc3c(ccc4c3OCC43CCN(Cc4cnn(S(=O)(=O)c5cccc(Cl)c5F)c4)CC3)C2=O)C(=O)N1. The number of aromatic nitrogens is 2. The molecule has 43 heavy (non-hydrogen) atoms. The van der Waals surface area contributed by atoms with Crippen molar-refractivity contribution in [1.82, 2.24) is 24.3 Å². The van der Waals surface area contributed by atoms with E-state index in [2.05, 4.69) is 15.3 Å². The van der Waals surface area contributed by atoms with Gasteiger partial charge in [0.05, 0.1) is 24.4 Å². The van der Waals surface area contributed by atoms with Gasteiger partial charge in [-0.1, -0.05) is 23.7 Å². The summed E-state index contributed by atoms with van der Waals surface area (Å²) in [5, 5.41) is 6.04. The molecule has 0 radical (unpaired) electrons. The molecule has 2 fully saturated rings. The lowest BCUT2D eigenvalue weighted by atomic mass is 9.74. The van der Waals surface area contributed by atoms with Crippen molar-refractivity contribution >= 4 is 39.3 Å². The van der Waals surface area contributed by atoms with E-state index in [4.69, 9.17) is 16.3 Å².